The molecule has 4 unspecified atom stereocenters. The second-order valence-electron chi connectivity index (χ2n) is 8.90. The van der Waals surface area contributed by atoms with E-state index in [9.17, 15) is 9.90 Å². The van der Waals surface area contributed by atoms with E-state index < -0.39 is 0 Å². The fourth-order valence-corrected chi connectivity index (χ4v) is 5.58. The molecule has 5 rings (SSSR count). The molecule has 2 aromatic carbocycles. The molecule has 4 atom stereocenters. The number of hydrazine groups is 1. The average Bonchev–Trinajstić information content (AvgIpc) is 3.43. The smallest absolute Gasteiger partial charge is 0.282 e. The Kier molecular flexibility index (Phi) is 5.36. The minimum Gasteiger partial charge on any atom is -0.508 e. The molecule has 0 bridgehead atoms. The van der Waals surface area contributed by atoms with Crippen molar-refractivity contribution in [1.29, 1.82) is 0 Å². The SMILES string of the molecule is CC1C(C(=O)NN2CC3CCCC3C2)=NN(c2ccccc2Cl)C1c1ccc(O)cc1. The third-order valence-corrected chi connectivity index (χ3v) is 7.26. The van der Waals surface area contributed by atoms with Crippen LogP contribution in [0.4, 0.5) is 5.69 Å². The van der Waals surface area contributed by atoms with Gasteiger partial charge in [0.1, 0.15) is 11.5 Å². The lowest BCUT2D eigenvalue weighted by molar-refractivity contribution is -0.119. The van der Waals surface area contributed by atoms with E-state index in [-0.39, 0.29) is 23.6 Å². The summed E-state index contributed by atoms with van der Waals surface area (Å²) in [6.07, 6.45) is 3.83. The van der Waals surface area contributed by atoms with Gasteiger partial charge in [-0.15, -0.1) is 0 Å². The number of fused-ring (bicyclic) bond motifs is 1. The number of nitrogens with one attached hydrogen (secondary N) is 1. The van der Waals surface area contributed by atoms with Crippen molar-refractivity contribution in [3.05, 3.63) is 59.1 Å². The highest BCUT2D eigenvalue weighted by atomic mass is 35.5. The zero-order chi connectivity index (χ0) is 21.5. The summed E-state index contributed by atoms with van der Waals surface area (Å²) in [7, 11) is 0. The van der Waals surface area contributed by atoms with E-state index in [4.69, 9.17) is 16.7 Å². The van der Waals surface area contributed by atoms with Crippen LogP contribution >= 0.6 is 11.6 Å². The summed E-state index contributed by atoms with van der Waals surface area (Å²) < 4.78 is 0. The quantitative estimate of drug-likeness (QED) is 0.744. The highest BCUT2D eigenvalue weighted by Crippen LogP contribution is 2.42. The minimum atomic E-state index is -0.195. The fraction of sp³-hybridized carbons (Fsp3) is 0.417. The number of phenols is 1. The van der Waals surface area contributed by atoms with Crippen LogP contribution < -0.4 is 10.4 Å². The van der Waals surface area contributed by atoms with Crippen molar-refractivity contribution in [3.63, 3.8) is 0 Å². The summed E-state index contributed by atoms with van der Waals surface area (Å²) in [4.78, 5) is 13.2. The van der Waals surface area contributed by atoms with Crippen molar-refractivity contribution in [2.75, 3.05) is 18.1 Å². The van der Waals surface area contributed by atoms with Crippen LogP contribution in [0.25, 0.3) is 0 Å². The Hall–Kier alpha value is -2.57. The number of amides is 1. The van der Waals surface area contributed by atoms with Gasteiger partial charge in [-0.1, -0.05) is 49.2 Å². The van der Waals surface area contributed by atoms with Gasteiger partial charge < -0.3 is 5.11 Å². The third kappa shape index (κ3) is 3.79. The van der Waals surface area contributed by atoms with Gasteiger partial charge in [-0.05, 0) is 54.5 Å². The molecule has 2 heterocycles. The van der Waals surface area contributed by atoms with Crippen LogP contribution in [0, 0.1) is 17.8 Å². The number of hydrazone groups is 1. The number of nitrogens with zero attached hydrogens (tertiary/aromatic N) is 3. The number of anilines is 1. The average molecular weight is 439 g/mol. The topological polar surface area (TPSA) is 68.2 Å². The predicted octanol–water partition coefficient (Wildman–Crippen LogP) is 4.36. The molecule has 162 valence electrons. The Labute approximate surface area is 187 Å². The molecule has 0 radical (unpaired) electrons. The molecular formula is C24H27ClN4O2. The first kappa shape index (κ1) is 20.3. The monoisotopic (exact) mass is 438 g/mol. The summed E-state index contributed by atoms with van der Waals surface area (Å²) >= 11 is 6.49. The molecule has 7 heteroatoms. The molecule has 1 aliphatic carbocycles. The lowest BCUT2D eigenvalue weighted by Gasteiger charge is -2.27. The van der Waals surface area contributed by atoms with Gasteiger partial charge in [0.15, 0.2) is 0 Å². The fourth-order valence-electron chi connectivity index (χ4n) is 5.35. The zero-order valence-corrected chi connectivity index (χ0v) is 18.3. The first-order valence-corrected chi connectivity index (χ1v) is 11.4. The molecule has 1 saturated carbocycles. The second kappa shape index (κ2) is 8.17. The molecule has 2 fully saturated rings. The van der Waals surface area contributed by atoms with E-state index in [2.05, 4.69) is 10.4 Å². The van der Waals surface area contributed by atoms with E-state index in [1.807, 2.05) is 48.3 Å². The Morgan fingerprint density at radius 3 is 2.45 bits per heavy atom. The molecular weight excluding hydrogens is 412 g/mol. The van der Waals surface area contributed by atoms with Gasteiger partial charge in [0.05, 0.1) is 16.8 Å². The Bertz CT molecular complexity index is 997. The molecule has 0 spiro atoms. The van der Waals surface area contributed by atoms with E-state index in [1.54, 1.807) is 12.1 Å². The number of carbonyl (C=O) groups excluding carboxylic acids is 1. The Balaban J connectivity index is 1.43. The van der Waals surface area contributed by atoms with Gasteiger partial charge in [0.2, 0.25) is 0 Å². The van der Waals surface area contributed by atoms with Crippen molar-refractivity contribution in [1.82, 2.24) is 10.4 Å². The van der Waals surface area contributed by atoms with Gasteiger partial charge in [-0.3, -0.25) is 15.2 Å². The van der Waals surface area contributed by atoms with Gasteiger partial charge in [0, 0.05) is 19.0 Å². The van der Waals surface area contributed by atoms with Crippen LogP contribution in [0.5, 0.6) is 5.75 Å². The van der Waals surface area contributed by atoms with Crippen molar-refractivity contribution >= 4 is 28.9 Å². The summed E-state index contributed by atoms with van der Waals surface area (Å²) in [6.45, 7) is 3.87. The standard InChI is InChI=1S/C24H27ClN4O2/c1-15-22(24(31)27-28-13-17-5-4-6-18(17)14-28)26-29(21-8-3-2-7-20(21)25)23(15)16-9-11-19(30)12-10-16/h2-3,7-12,15,17-18,23,30H,4-6,13-14H2,1H3,(H,27,31). The highest BCUT2D eigenvalue weighted by molar-refractivity contribution is 6.40. The molecule has 31 heavy (non-hydrogen) atoms. The van der Waals surface area contributed by atoms with Gasteiger partial charge in [0.25, 0.3) is 5.91 Å². The zero-order valence-electron chi connectivity index (χ0n) is 17.5. The first-order valence-electron chi connectivity index (χ1n) is 11.0. The Morgan fingerprint density at radius 1 is 1.10 bits per heavy atom. The molecule has 2 N–H and O–H groups in total. The Morgan fingerprint density at radius 2 is 1.77 bits per heavy atom. The van der Waals surface area contributed by atoms with Crippen molar-refractivity contribution < 1.29 is 9.90 Å². The van der Waals surface area contributed by atoms with E-state index in [1.165, 1.54) is 19.3 Å². The highest BCUT2D eigenvalue weighted by Gasteiger charge is 2.42. The molecule has 2 aromatic rings. The summed E-state index contributed by atoms with van der Waals surface area (Å²) in [5, 5.41) is 19.0. The van der Waals surface area contributed by atoms with E-state index >= 15 is 0 Å². The number of hydrogen-bond acceptors (Lipinski definition) is 5. The number of benzene rings is 2. The van der Waals surface area contributed by atoms with Crippen LogP contribution in [0.2, 0.25) is 5.02 Å². The molecule has 3 aliphatic rings. The van der Waals surface area contributed by atoms with Gasteiger partial charge in [-0.2, -0.15) is 5.10 Å². The maximum Gasteiger partial charge on any atom is 0.282 e. The number of hydrogen-bond donors (Lipinski definition) is 2. The number of phenolic OH excluding ortho intramolecular Hbond substituents is 1. The van der Waals surface area contributed by atoms with Crippen molar-refractivity contribution in [3.8, 4) is 5.75 Å². The van der Waals surface area contributed by atoms with Crippen molar-refractivity contribution in [2.45, 2.75) is 32.2 Å². The second-order valence-corrected chi connectivity index (χ2v) is 9.31. The number of rotatable bonds is 4. The molecule has 6 nitrogen and oxygen atoms in total. The number of para-hydroxylation sites is 1. The van der Waals surface area contributed by atoms with Crippen LogP contribution in [-0.4, -0.2) is 34.8 Å². The lowest BCUT2D eigenvalue weighted by Crippen LogP contribution is -2.45. The summed E-state index contributed by atoms with van der Waals surface area (Å²) in [5.41, 5.74) is 5.33. The van der Waals surface area contributed by atoms with Crippen molar-refractivity contribution in [2.24, 2.45) is 22.9 Å². The largest absolute Gasteiger partial charge is 0.508 e. The van der Waals surface area contributed by atoms with Crippen LogP contribution in [0.3, 0.4) is 0 Å². The maximum atomic E-state index is 13.2. The summed E-state index contributed by atoms with van der Waals surface area (Å²) in [5.74, 6) is 1.31. The van der Waals surface area contributed by atoms with Crippen LogP contribution in [0.15, 0.2) is 53.6 Å². The molecule has 1 amide bonds. The van der Waals surface area contributed by atoms with E-state index in [0.29, 0.717) is 22.6 Å². The third-order valence-electron chi connectivity index (χ3n) is 6.94. The van der Waals surface area contributed by atoms with Gasteiger partial charge >= 0.3 is 0 Å². The van der Waals surface area contributed by atoms with E-state index in [0.717, 1.165) is 24.3 Å². The first-order chi connectivity index (χ1) is 15.0. The summed E-state index contributed by atoms with van der Waals surface area (Å²) in [6, 6.07) is 14.4. The normalized spacial score (nSPS) is 27.9. The molecule has 2 aliphatic heterocycles. The number of halogens is 1. The minimum absolute atomic E-state index is 0.147. The number of aromatic hydroxyl groups is 1. The van der Waals surface area contributed by atoms with Gasteiger partial charge in [-0.25, -0.2) is 5.01 Å². The van der Waals surface area contributed by atoms with Crippen LogP contribution in [0.1, 0.15) is 37.8 Å². The molecule has 1 saturated heterocycles. The lowest BCUT2D eigenvalue weighted by atomic mass is 9.91. The predicted molar refractivity (Wildman–Crippen MR) is 122 cm³/mol. The number of carbonyl (C=O) groups is 1. The maximum absolute atomic E-state index is 13.2. The molecule has 0 aromatic heterocycles. The van der Waals surface area contributed by atoms with Crippen LogP contribution in [-0.2, 0) is 4.79 Å².